The Kier molecular flexibility index (Phi) is 10.6. The molecule has 0 spiro atoms. The lowest BCUT2D eigenvalue weighted by Crippen LogP contribution is -2.49. The first kappa shape index (κ1) is 25.0. The van der Waals surface area contributed by atoms with Gasteiger partial charge in [0.05, 0.1) is 0 Å². The number of hydrogen-bond donors (Lipinski definition) is 1. The third kappa shape index (κ3) is 8.06. The zero-order valence-electron chi connectivity index (χ0n) is 19.3. The van der Waals surface area contributed by atoms with Crippen molar-refractivity contribution in [1.82, 2.24) is 10.2 Å². The van der Waals surface area contributed by atoms with Gasteiger partial charge in [0, 0.05) is 30.2 Å². The molecule has 2 rings (SSSR count). The van der Waals surface area contributed by atoms with E-state index >= 15 is 0 Å². The van der Waals surface area contributed by atoms with Gasteiger partial charge in [-0.15, -0.1) is 11.8 Å². The van der Waals surface area contributed by atoms with Crippen LogP contribution in [0.2, 0.25) is 0 Å². The van der Waals surface area contributed by atoms with Crippen LogP contribution in [0.15, 0.2) is 53.4 Å². The number of aryl methyl sites for hydroxylation is 2. The topological polar surface area (TPSA) is 49.4 Å². The number of carbonyl (C=O) groups is 2. The number of nitrogens with zero attached hydrogens (tertiary/aromatic N) is 1. The number of hydrogen-bond acceptors (Lipinski definition) is 3. The standard InChI is InChI=1S/C26H36N2O2S/c1-5-7-17-27-26(30)24(6-2)28(19-22-11-9-8-10-21(22)4)25(29)16-18-31-23-14-12-20(3)13-15-23/h8-15,24H,5-7,16-19H2,1-4H3,(H,27,30)/t24-/m0/s1. The highest BCUT2D eigenvalue weighted by molar-refractivity contribution is 7.99. The highest BCUT2D eigenvalue weighted by Gasteiger charge is 2.28. The van der Waals surface area contributed by atoms with Crippen LogP contribution in [-0.2, 0) is 16.1 Å². The smallest absolute Gasteiger partial charge is 0.242 e. The highest BCUT2D eigenvalue weighted by atomic mass is 32.2. The molecule has 0 unspecified atom stereocenters. The van der Waals surface area contributed by atoms with Crippen molar-refractivity contribution in [2.75, 3.05) is 12.3 Å². The third-order valence-corrected chi connectivity index (χ3v) is 6.44. The second kappa shape index (κ2) is 13.2. The Balaban J connectivity index is 2.10. The van der Waals surface area contributed by atoms with Gasteiger partial charge >= 0.3 is 0 Å². The van der Waals surface area contributed by atoms with Gasteiger partial charge in [0.2, 0.25) is 11.8 Å². The minimum atomic E-state index is -0.451. The van der Waals surface area contributed by atoms with Gasteiger partial charge in [0.25, 0.3) is 0 Å². The monoisotopic (exact) mass is 440 g/mol. The highest BCUT2D eigenvalue weighted by Crippen LogP contribution is 2.21. The number of amides is 2. The Morgan fingerprint density at radius 3 is 2.39 bits per heavy atom. The molecule has 1 atom stereocenters. The number of thioether (sulfide) groups is 1. The van der Waals surface area contributed by atoms with Gasteiger partial charge < -0.3 is 10.2 Å². The van der Waals surface area contributed by atoms with E-state index in [1.165, 1.54) is 5.56 Å². The van der Waals surface area contributed by atoms with Gasteiger partial charge in [-0.1, -0.05) is 62.2 Å². The van der Waals surface area contributed by atoms with E-state index < -0.39 is 6.04 Å². The first-order valence-electron chi connectivity index (χ1n) is 11.3. The second-order valence-corrected chi connectivity index (χ2v) is 9.10. The Morgan fingerprint density at radius 2 is 1.74 bits per heavy atom. The molecule has 2 aromatic carbocycles. The van der Waals surface area contributed by atoms with Crippen LogP contribution in [0.25, 0.3) is 0 Å². The minimum absolute atomic E-state index is 0.0281. The summed E-state index contributed by atoms with van der Waals surface area (Å²) < 4.78 is 0. The number of benzene rings is 2. The summed E-state index contributed by atoms with van der Waals surface area (Å²) in [6, 6.07) is 16.0. The van der Waals surface area contributed by atoms with Crippen molar-refractivity contribution in [1.29, 1.82) is 0 Å². The molecule has 168 valence electrons. The predicted octanol–water partition coefficient (Wildman–Crippen LogP) is 5.51. The number of nitrogens with one attached hydrogen (secondary N) is 1. The zero-order valence-corrected chi connectivity index (χ0v) is 20.1. The first-order valence-corrected chi connectivity index (χ1v) is 12.3. The van der Waals surface area contributed by atoms with E-state index in [-0.39, 0.29) is 11.8 Å². The van der Waals surface area contributed by atoms with Crippen LogP contribution in [0.3, 0.4) is 0 Å². The van der Waals surface area contributed by atoms with Crippen LogP contribution in [0.5, 0.6) is 0 Å². The molecule has 4 nitrogen and oxygen atoms in total. The van der Waals surface area contributed by atoms with Crippen LogP contribution in [0.4, 0.5) is 0 Å². The van der Waals surface area contributed by atoms with Crippen molar-refractivity contribution in [2.24, 2.45) is 0 Å². The Bertz CT molecular complexity index is 836. The molecule has 1 N–H and O–H groups in total. The summed E-state index contributed by atoms with van der Waals surface area (Å²) in [4.78, 5) is 29.1. The quantitative estimate of drug-likeness (QED) is 0.350. The van der Waals surface area contributed by atoms with E-state index in [9.17, 15) is 9.59 Å². The fourth-order valence-corrected chi connectivity index (χ4v) is 4.27. The van der Waals surface area contributed by atoms with Crippen LogP contribution in [-0.4, -0.2) is 35.1 Å². The van der Waals surface area contributed by atoms with Gasteiger partial charge in [-0.3, -0.25) is 9.59 Å². The molecule has 0 heterocycles. The van der Waals surface area contributed by atoms with Crippen LogP contribution in [0.1, 0.15) is 56.2 Å². The maximum absolute atomic E-state index is 13.3. The van der Waals surface area contributed by atoms with Crippen LogP contribution < -0.4 is 5.32 Å². The molecule has 31 heavy (non-hydrogen) atoms. The number of rotatable bonds is 12. The lowest BCUT2D eigenvalue weighted by atomic mass is 10.1. The molecular formula is C26H36N2O2S. The Hall–Kier alpha value is -2.27. The van der Waals surface area contributed by atoms with Crippen LogP contribution in [0, 0.1) is 13.8 Å². The van der Waals surface area contributed by atoms with E-state index in [4.69, 9.17) is 0 Å². The van der Waals surface area contributed by atoms with Crippen molar-refractivity contribution in [2.45, 2.75) is 70.9 Å². The van der Waals surface area contributed by atoms with Gasteiger partial charge in [0.1, 0.15) is 6.04 Å². The summed E-state index contributed by atoms with van der Waals surface area (Å²) in [6.07, 6.45) is 2.98. The molecule has 0 bridgehead atoms. The van der Waals surface area contributed by atoms with Gasteiger partial charge in [0.15, 0.2) is 0 Å². The van der Waals surface area contributed by atoms with Gasteiger partial charge in [-0.2, -0.15) is 0 Å². The maximum atomic E-state index is 13.3. The van der Waals surface area contributed by atoms with E-state index in [1.54, 1.807) is 16.7 Å². The molecule has 0 aromatic heterocycles. The summed E-state index contributed by atoms with van der Waals surface area (Å²) >= 11 is 1.68. The molecule has 0 saturated carbocycles. The van der Waals surface area contributed by atoms with E-state index in [0.717, 1.165) is 28.9 Å². The molecule has 0 aliphatic carbocycles. The minimum Gasteiger partial charge on any atom is -0.354 e. The molecule has 0 fully saturated rings. The largest absolute Gasteiger partial charge is 0.354 e. The molecular weight excluding hydrogens is 404 g/mol. The van der Waals surface area contributed by atoms with E-state index in [0.29, 0.717) is 31.7 Å². The normalized spacial score (nSPS) is 11.7. The summed E-state index contributed by atoms with van der Waals surface area (Å²) in [6.45, 7) is 9.31. The predicted molar refractivity (Wildman–Crippen MR) is 130 cm³/mol. The van der Waals surface area contributed by atoms with Crippen molar-refractivity contribution >= 4 is 23.6 Å². The molecule has 2 amide bonds. The Labute approximate surface area is 191 Å². The Morgan fingerprint density at radius 1 is 1.03 bits per heavy atom. The maximum Gasteiger partial charge on any atom is 0.242 e. The first-order chi connectivity index (χ1) is 15.0. The fraction of sp³-hybridized carbons (Fsp3) is 0.462. The van der Waals surface area contributed by atoms with Gasteiger partial charge in [-0.25, -0.2) is 0 Å². The molecule has 0 aliphatic heterocycles. The van der Waals surface area contributed by atoms with Crippen molar-refractivity contribution in [3.05, 3.63) is 65.2 Å². The second-order valence-electron chi connectivity index (χ2n) is 7.93. The van der Waals surface area contributed by atoms with Crippen molar-refractivity contribution < 1.29 is 9.59 Å². The fourth-order valence-electron chi connectivity index (χ4n) is 3.43. The summed E-state index contributed by atoms with van der Waals surface area (Å²) in [5.41, 5.74) is 3.45. The third-order valence-electron chi connectivity index (χ3n) is 5.42. The summed E-state index contributed by atoms with van der Waals surface area (Å²) in [7, 11) is 0. The average Bonchev–Trinajstić information content (AvgIpc) is 2.76. The number of unbranched alkanes of at least 4 members (excludes halogenated alkanes) is 1. The molecule has 5 heteroatoms. The SMILES string of the molecule is CCCCNC(=O)[C@H](CC)N(Cc1ccccc1C)C(=O)CCSc1ccc(C)cc1. The summed E-state index contributed by atoms with van der Waals surface area (Å²) in [5.74, 6) is 0.671. The summed E-state index contributed by atoms with van der Waals surface area (Å²) in [5, 5.41) is 3.02. The lowest BCUT2D eigenvalue weighted by Gasteiger charge is -2.31. The lowest BCUT2D eigenvalue weighted by molar-refractivity contribution is -0.141. The number of carbonyl (C=O) groups excluding carboxylic acids is 2. The van der Waals surface area contributed by atoms with Crippen molar-refractivity contribution in [3.8, 4) is 0 Å². The molecule has 0 saturated heterocycles. The molecule has 2 aromatic rings. The zero-order chi connectivity index (χ0) is 22.6. The van der Waals surface area contributed by atoms with Gasteiger partial charge in [-0.05, 0) is 49.9 Å². The van der Waals surface area contributed by atoms with Crippen molar-refractivity contribution in [3.63, 3.8) is 0 Å². The molecule has 0 radical (unpaired) electrons. The van der Waals surface area contributed by atoms with Crippen LogP contribution >= 0.6 is 11.8 Å². The molecule has 0 aliphatic rings. The van der Waals surface area contributed by atoms with E-state index in [2.05, 4.69) is 43.4 Å². The van der Waals surface area contributed by atoms with E-state index in [1.807, 2.05) is 38.1 Å². The average molecular weight is 441 g/mol.